The van der Waals surface area contributed by atoms with Crippen molar-refractivity contribution in [3.8, 4) is 22.3 Å². The molecule has 5 aromatic rings. The Morgan fingerprint density at radius 2 is 1.00 bits per heavy atom. The van der Waals surface area contributed by atoms with Crippen molar-refractivity contribution in [2.24, 2.45) is 4.99 Å². The van der Waals surface area contributed by atoms with Gasteiger partial charge in [-0.05, 0) is 102 Å². The maximum Gasteiger partial charge on any atom is 0.0747 e. The molecule has 3 nitrogen and oxygen atoms in total. The molecule has 2 N–H and O–H groups in total. The molecule has 1 aliphatic heterocycles. The van der Waals surface area contributed by atoms with E-state index in [1.165, 1.54) is 44.5 Å². The van der Waals surface area contributed by atoms with Gasteiger partial charge in [-0.1, -0.05) is 98.8 Å². The highest BCUT2D eigenvalue weighted by molar-refractivity contribution is 6.17. The van der Waals surface area contributed by atoms with E-state index in [0.717, 1.165) is 47.9 Å². The lowest BCUT2D eigenvalue weighted by atomic mass is 9.88. The molecule has 1 heterocycles. The molecule has 0 spiro atoms. The summed E-state index contributed by atoms with van der Waals surface area (Å²) in [7, 11) is 0. The third kappa shape index (κ3) is 6.68. The molecule has 222 valence electrons. The zero-order valence-electron chi connectivity index (χ0n) is 26.6. The fraction of sp³-hybridized carbons (Fsp3) is 0.195. The second kappa shape index (κ2) is 14.5. The van der Waals surface area contributed by atoms with Crippen molar-refractivity contribution in [2.75, 3.05) is 23.7 Å². The molecule has 6 rings (SSSR count). The highest BCUT2D eigenvalue weighted by atomic mass is 14.9. The molecule has 0 atom stereocenters. The topological polar surface area (TPSA) is 36.4 Å². The Morgan fingerprint density at radius 1 is 0.545 bits per heavy atom. The molecule has 3 heteroatoms. The van der Waals surface area contributed by atoms with Crippen molar-refractivity contribution in [1.29, 1.82) is 0 Å². The first kappa shape index (κ1) is 30.6. The fourth-order valence-corrected chi connectivity index (χ4v) is 5.80. The molecule has 0 bridgehead atoms. The Kier molecular flexibility index (Phi) is 10.1. The van der Waals surface area contributed by atoms with E-state index in [-0.39, 0.29) is 0 Å². The highest BCUT2D eigenvalue weighted by Gasteiger charge is 2.24. The summed E-state index contributed by atoms with van der Waals surface area (Å²) in [5.41, 5.74) is 15.4. The average Bonchev–Trinajstić information content (AvgIpc) is 3.53. The molecule has 5 aromatic carbocycles. The van der Waals surface area contributed by atoms with Crippen LogP contribution in [-0.2, 0) is 0 Å². The van der Waals surface area contributed by atoms with Gasteiger partial charge in [0, 0.05) is 36.4 Å². The maximum absolute atomic E-state index is 5.38. The molecular formula is C41H43N3. The van der Waals surface area contributed by atoms with Crippen molar-refractivity contribution < 1.29 is 0 Å². The smallest absolute Gasteiger partial charge is 0.0747 e. The lowest BCUT2D eigenvalue weighted by Gasteiger charge is -2.16. The molecule has 0 radical (unpaired) electrons. The summed E-state index contributed by atoms with van der Waals surface area (Å²) in [5.74, 6) is 0. The molecule has 0 unspecified atom stereocenters. The zero-order chi connectivity index (χ0) is 30.9. The minimum atomic E-state index is 0.774. The number of rotatable bonds is 9. The molecule has 0 fully saturated rings. The van der Waals surface area contributed by atoms with E-state index in [0.29, 0.717) is 0 Å². The van der Waals surface area contributed by atoms with Gasteiger partial charge in [-0.3, -0.25) is 4.99 Å². The number of anilines is 2. The lowest BCUT2D eigenvalue weighted by Crippen LogP contribution is -2.02. The van der Waals surface area contributed by atoms with Gasteiger partial charge in [0.05, 0.1) is 11.4 Å². The van der Waals surface area contributed by atoms with Gasteiger partial charge in [0.2, 0.25) is 0 Å². The van der Waals surface area contributed by atoms with Crippen LogP contribution in [0, 0.1) is 6.92 Å². The predicted molar refractivity (Wildman–Crippen MR) is 193 cm³/mol. The number of benzene rings is 5. The summed E-state index contributed by atoms with van der Waals surface area (Å²) >= 11 is 0. The van der Waals surface area contributed by atoms with Gasteiger partial charge in [-0.2, -0.15) is 0 Å². The van der Waals surface area contributed by atoms with E-state index in [9.17, 15) is 0 Å². The van der Waals surface area contributed by atoms with Crippen molar-refractivity contribution in [2.45, 2.75) is 41.0 Å². The van der Waals surface area contributed by atoms with E-state index in [2.05, 4.69) is 153 Å². The summed E-state index contributed by atoms with van der Waals surface area (Å²) < 4.78 is 0. The molecule has 0 saturated carbocycles. The predicted octanol–water partition coefficient (Wildman–Crippen LogP) is 11.0. The van der Waals surface area contributed by atoms with E-state index in [1.54, 1.807) is 0 Å². The molecule has 44 heavy (non-hydrogen) atoms. The summed E-state index contributed by atoms with van der Waals surface area (Å²) in [6, 6.07) is 43.5. The Bertz CT molecular complexity index is 1670. The zero-order valence-corrected chi connectivity index (χ0v) is 26.6. The van der Waals surface area contributed by atoms with E-state index in [4.69, 9.17) is 4.99 Å². The summed E-state index contributed by atoms with van der Waals surface area (Å²) in [4.78, 5) is 5.38. The highest BCUT2D eigenvalue weighted by Crippen LogP contribution is 2.40. The Labute approximate surface area is 263 Å². The first-order chi connectivity index (χ1) is 21.6. The van der Waals surface area contributed by atoms with Crippen LogP contribution in [0.5, 0.6) is 0 Å². The van der Waals surface area contributed by atoms with Crippen LogP contribution in [-0.4, -0.2) is 18.8 Å². The Morgan fingerprint density at radius 3 is 1.45 bits per heavy atom. The van der Waals surface area contributed by atoms with Gasteiger partial charge in [0.15, 0.2) is 0 Å². The number of allylic oxidation sites excluding steroid dienone is 1. The second-order valence-corrected chi connectivity index (χ2v) is 10.7. The monoisotopic (exact) mass is 577 g/mol. The van der Waals surface area contributed by atoms with Gasteiger partial charge in [-0.25, -0.2) is 0 Å². The van der Waals surface area contributed by atoms with Crippen LogP contribution in [0.2, 0.25) is 0 Å². The number of aliphatic imine (C=N–C) groups is 1. The number of nitrogens with one attached hydrogen (secondary N) is 2. The molecule has 0 aromatic heterocycles. The van der Waals surface area contributed by atoms with Gasteiger partial charge >= 0.3 is 0 Å². The van der Waals surface area contributed by atoms with E-state index < -0.39 is 0 Å². The van der Waals surface area contributed by atoms with E-state index in [1.807, 2.05) is 13.8 Å². The summed E-state index contributed by atoms with van der Waals surface area (Å²) in [6.07, 6.45) is 0.774. The summed E-state index contributed by atoms with van der Waals surface area (Å²) in [6.45, 7) is 12.3. The second-order valence-electron chi connectivity index (χ2n) is 10.7. The fourth-order valence-electron chi connectivity index (χ4n) is 5.80. The quantitative estimate of drug-likeness (QED) is 0.183. The number of hydrogen-bond acceptors (Lipinski definition) is 3. The molecule has 0 amide bonds. The third-order valence-electron chi connectivity index (χ3n) is 7.94. The average molecular weight is 578 g/mol. The van der Waals surface area contributed by atoms with Crippen LogP contribution in [0.4, 0.5) is 11.4 Å². The standard InChI is InChI=1S/C39H37N3.C2H6/c1-4-40-33-20-16-30(17-21-33)37-26-38(42-39(37)31-18-22-34(23-19-31)41-5-2)32-24-35(28-12-8-6-9-13-28)27(3)36(25-32)29-14-10-7-11-15-29;1-2/h6-25,40-41H,4-5,26H2,1-3H3;1-2H3. The number of hydrogen-bond donors (Lipinski definition) is 2. The van der Waals surface area contributed by atoms with Crippen LogP contribution >= 0.6 is 0 Å². The van der Waals surface area contributed by atoms with Gasteiger partial charge in [-0.15, -0.1) is 0 Å². The van der Waals surface area contributed by atoms with Crippen LogP contribution in [0.25, 0.3) is 33.5 Å². The maximum atomic E-state index is 5.38. The molecule has 1 aliphatic rings. The van der Waals surface area contributed by atoms with Gasteiger partial charge < -0.3 is 10.6 Å². The molecular weight excluding hydrogens is 534 g/mol. The summed E-state index contributed by atoms with van der Waals surface area (Å²) in [5, 5.41) is 6.83. The van der Waals surface area contributed by atoms with Crippen molar-refractivity contribution in [3.05, 3.63) is 144 Å². The van der Waals surface area contributed by atoms with Gasteiger partial charge in [0.1, 0.15) is 0 Å². The van der Waals surface area contributed by atoms with Crippen LogP contribution in [0.3, 0.4) is 0 Å². The SMILES string of the molecule is CC.CCNc1ccc(C2=C(c3ccc(NCC)cc3)N=C(c3cc(-c4ccccc4)c(C)c(-c4ccccc4)c3)C2)cc1. The van der Waals surface area contributed by atoms with Crippen LogP contribution < -0.4 is 10.6 Å². The van der Waals surface area contributed by atoms with Crippen molar-refractivity contribution >= 4 is 28.4 Å². The van der Waals surface area contributed by atoms with Crippen molar-refractivity contribution in [1.82, 2.24) is 0 Å². The Hall–Kier alpha value is -4.89. The number of nitrogens with zero attached hydrogens (tertiary/aromatic N) is 1. The minimum absolute atomic E-state index is 0.774. The largest absolute Gasteiger partial charge is 0.385 e. The first-order valence-electron chi connectivity index (χ1n) is 15.9. The van der Waals surface area contributed by atoms with Crippen LogP contribution in [0.1, 0.15) is 56.4 Å². The lowest BCUT2D eigenvalue weighted by molar-refractivity contribution is 1.21. The van der Waals surface area contributed by atoms with Gasteiger partial charge in [0.25, 0.3) is 0 Å². The third-order valence-corrected chi connectivity index (χ3v) is 7.94. The molecule has 0 aliphatic carbocycles. The minimum Gasteiger partial charge on any atom is -0.385 e. The first-order valence-corrected chi connectivity index (χ1v) is 15.9. The van der Waals surface area contributed by atoms with E-state index >= 15 is 0 Å². The van der Waals surface area contributed by atoms with Crippen LogP contribution in [0.15, 0.2) is 126 Å². The normalized spacial score (nSPS) is 12.3. The Balaban J connectivity index is 0.00000188. The van der Waals surface area contributed by atoms with Crippen molar-refractivity contribution in [3.63, 3.8) is 0 Å². The molecule has 0 saturated heterocycles.